The average Bonchev–Trinajstić information content (AvgIpc) is 2.64. The summed E-state index contributed by atoms with van der Waals surface area (Å²) in [6.45, 7) is 2.55. The number of ether oxygens (including phenoxy) is 1. The fourth-order valence-electron chi connectivity index (χ4n) is 2.59. The molecule has 152 valence electrons. The van der Waals surface area contributed by atoms with Gasteiger partial charge in [-0.3, -0.25) is 4.79 Å². The lowest BCUT2D eigenvalue weighted by Gasteiger charge is -2.10. The van der Waals surface area contributed by atoms with E-state index in [4.69, 9.17) is 9.84 Å². The highest BCUT2D eigenvalue weighted by molar-refractivity contribution is 7.89. The number of aryl methyl sites for hydroxylation is 1. The van der Waals surface area contributed by atoms with Crippen LogP contribution in [0.15, 0.2) is 42.5 Å². The number of phenols is 1. The smallest absolute Gasteiger partial charge is 0.307 e. The number of benzene rings is 2. The number of phenolic OH excluding ortho intramolecular Hbond substituents is 1. The van der Waals surface area contributed by atoms with Crippen LogP contribution in [-0.4, -0.2) is 37.0 Å². The zero-order valence-electron chi connectivity index (χ0n) is 15.7. The van der Waals surface area contributed by atoms with E-state index in [2.05, 4.69) is 4.72 Å². The van der Waals surface area contributed by atoms with E-state index in [-0.39, 0.29) is 30.9 Å². The molecule has 0 aliphatic rings. The number of aliphatic carboxylic acids is 1. The first-order valence-electron chi connectivity index (χ1n) is 9.00. The van der Waals surface area contributed by atoms with Crippen molar-refractivity contribution in [2.45, 2.75) is 32.7 Å². The van der Waals surface area contributed by atoms with Crippen LogP contribution in [0.1, 0.15) is 30.0 Å². The predicted octanol–water partition coefficient (Wildman–Crippen LogP) is 2.47. The number of hydrogen-bond donors (Lipinski definition) is 3. The molecule has 0 bridgehead atoms. The maximum atomic E-state index is 12.2. The summed E-state index contributed by atoms with van der Waals surface area (Å²) in [6.07, 6.45) is 0.961. The Kier molecular flexibility index (Phi) is 7.83. The van der Waals surface area contributed by atoms with Crippen LogP contribution in [0.25, 0.3) is 0 Å². The maximum absolute atomic E-state index is 12.2. The molecule has 0 aromatic heterocycles. The van der Waals surface area contributed by atoms with Gasteiger partial charge in [0.25, 0.3) is 0 Å². The number of aromatic hydroxyl groups is 1. The molecule has 7 nitrogen and oxygen atoms in total. The molecule has 2 aromatic rings. The third-order valence-corrected chi connectivity index (χ3v) is 5.31. The normalized spacial score (nSPS) is 11.3. The van der Waals surface area contributed by atoms with Gasteiger partial charge in [0.15, 0.2) is 11.5 Å². The second-order valence-corrected chi connectivity index (χ2v) is 8.36. The van der Waals surface area contributed by atoms with E-state index in [1.165, 1.54) is 6.07 Å². The Morgan fingerprint density at radius 3 is 2.54 bits per heavy atom. The Balaban J connectivity index is 1.90. The van der Waals surface area contributed by atoms with Crippen molar-refractivity contribution < 1.29 is 28.2 Å². The van der Waals surface area contributed by atoms with Crippen molar-refractivity contribution in [3.63, 3.8) is 0 Å². The number of carbonyl (C=O) groups is 1. The SMILES string of the molecule is CCCOc1ccc(CCS(=O)(=O)NCc2cccc(CC(=O)O)c2)cc1O. The van der Waals surface area contributed by atoms with Gasteiger partial charge in [0.2, 0.25) is 10.0 Å². The van der Waals surface area contributed by atoms with Crippen LogP contribution in [0.2, 0.25) is 0 Å². The van der Waals surface area contributed by atoms with E-state index >= 15 is 0 Å². The fourth-order valence-corrected chi connectivity index (χ4v) is 3.63. The predicted molar refractivity (Wildman–Crippen MR) is 106 cm³/mol. The molecule has 8 heteroatoms. The summed E-state index contributed by atoms with van der Waals surface area (Å²) >= 11 is 0. The van der Waals surface area contributed by atoms with Gasteiger partial charge >= 0.3 is 5.97 Å². The molecule has 0 atom stereocenters. The van der Waals surface area contributed by atoms with Crippen LogP contribution in [0.5, 0.6) is 11.5 Å². The van der Waals surface area contributed by atoms with E-state index in [1.54, 1.807) is 36.4 Å². The van der Waals surface area contributed by atoms with E-state index in [0.29, 0.717) is 29.0 Å². The molecule has 0 radical (unpaired) electrons. The van der Waals surface area contributed by atoms with Crippen LogP contribution in [-0.2, 0) is 34.2 Å². The second kappa shape index (κ2) is 10.1. The van der Waals surface area contributed by atoms with Gasteiger partial charge in [-0.15, -0.1) is 0 Å². The van der Waals surface area contributed by atoms with Gasteiger partial charge < -0.3 is 14.9 Å². The van der Waals surface area contributed by atoms with Crippen molar-refractivity contribution in [2.24, 2.45) is 0 Å². The van der Waals surface area contributed by atoms with E-state index in [0.717, 1.165) is 6.42 Å². The summed E-state index contributed by atoms with van der Waals surface area (Å²) in [4.78, 5) is 10.8. The van der Waals surface area contributed by atoms with Crippen molar-refractivity contribution in [2.75, 3.05) is 12.4 Å². The van der Waals surface area contributed by atoms with E-state index in [1.807, 2.05) is 6.92 Å². The van der Waals surface area contributed by atoms with Crippen molar-refractivity contribution in [1.82, 2.24) is 4.72 Å². The average molecular weight is 407 g/mol. The second-order valence-electron chi connectivity index (χ2n) is 6.43. The van der Waals surface area contributed by atoms with Crippen LogP contribution in [0, 0.1) is 0 Å². The zero-order chi connectivity index (χ0) is 20.6. The van der Waals surface area contributed by atoms with Crippen molar-refractivity contribution >= 4 is 16.0 Å². The Labute approximate surface area is 165 Å². The molecule has 0 spiro atoms. The van der Waals surface area contributed by atoms with Crippen LogP contribution < -0.4 is 9.46 Å². The lowest BCUT2D eigenvalue weighted by Crippen LogP contribution is -2.27. The van der Waals surface area contributed by atoms with Crippen molar-refractivity contribution in [3.05, 3.63) is 59.2 Å². The van der Waals surface area contributed by atoms with E-state index in [9.17, 15) is 18.3 Å². The van der Waals surface area contributed by atoms with Gasteiger partial charge in [-0.05, 0) is 41.7 Å². The maximum Gasteiger partial charge on any atom is 0.307 e. The molecule has 3 N–H and O–H groups in total. The quantitative estimate of drug-likeness (QED) is 0.527. The molecule has 0 aliphatic heterocycles. The summed E-state index contributed by atoms with van der Waals surface area (Å²) in [5.74, 6) is -0.692. The summed E-state index contributed by atoms with van der Waals surface area (Å²) in [7, 11) is -3.53. The molecule has 0 aliphatic carbocycles. The minimum absolute atomic E-state index is 0.00782. The summed E-state index contributed by atoms with van der Waals surface area (Å²) in [5, 5.41) is 18.8. The lowest BCUT2D eigenvalue weighted by atomic mass is 10.1. The van der Waals surface area contributed by atoms with Gasteiger partial charge in [0.05, 0.1) is 18.8 Å². The van der Waals surface area contributed by atoms with Crippen LogP contribution in [0.4, 0.5) is 0 Å². The Morgan fingerprint density at radius 1 is 1.11 bits per heavy atom. The first kappa shape index (κ1) is 21.7. The van der Waals surface area contributed by atoms with Crippen LogP contribution >= 0.6 is 0 Å². The third kappa shape index (κ3) is 7.21. The molecule has 2 aromatic carbocycles. The Bertz CT molecular complexity index is 911. The van der Waals surface area contributed by atoms with Gasteiger partial charge in [-0.1, -0.05) is 37.3 Å². The molecule has 0 amide bonds. The minimum atomic E-state index is -3.53. The zero-order valence-corrected chi connectivity index (χ0v) is 16.5. The summed E-state index contributed by atoms with van der Waals surface area (Å²) in [6, 6.07) is 11.7. The molecular weight excluding hydrogens is 382 g/mol. The standard InChI is InChI=1S/C20H25NO6S/c1-2-9-27-19-7-6-15(12-18(19)22)8-10-28(25,26)21-14-17-5-3-4-16(11-17)13-20(23)24/h3-7,11-12,21-22H,2,8-10,13-14H2,1H3,(H,23,24). The molecular formula is C20H25NO6S. The minimum Gasteiger partial charge on any atom is -0.504 e. The molecule has 0 fully saturated rings. The summed E-state index contributed by atoms with van der Waals surface area (Å²) < 4.78 is 32.4. The van der Waals surface area contributed by atoms with Gasteiger partial charge in [0, 0.05) is 6.54 Å². The first-order valence-corrected chi connectivity index (χ1v) is 10.7. The number of rotatable bonds is 11. The number of nitrogens with one attached hydrogen (secondary N) is 1. The largest absolute Gasteiger partial charge is 0.504 e. The molecule has 0 unspecified atom stereocenters. The number of sulfonamides is 1. The highest BCUT2D eigenvalue weighted by Crippen LogP contribution is 2.27. The van der Waals surface area contributed by atoms with Gasteiger partial charge in [-0.2, -0.15) is 0 Å². The highest BCUT2D eigenvalue weighted by atomic mass is 32.2. The number of carboxylic acids is 1. The topological polar surface area (TPSA) is 113 Å². The monoisotopic (exact) mass is 407 g/mol. The van der Waals surface area contributed by atoms with E-state index < -0.39 is 16.0 Å². The fraction of sp³-hybridized carbons (Fsp3) is 0.350. The summed E-state index contributed by atoms with van der Waals surface area (Å²) in [5.41, 5.74) is 2.00. The highest BCUT2D eigenvalue weighted by Gasteiger charge is 2.12. The van der Waals surface area contributed by atoms with Crippen molar-refractivity contribution in [3.8, 4) is 11.5 Å². The third-order valence-electron chi connectivity index (χ3n) is 3.99. The van der Waals surface area contributed by atoms with Crippen LogP contribution in [0.3, 0.4) is 0 Å². The molecule has 2 rings (SSSR count). The Hall–Kier alpha value is -2.58. The number of carboxylic acid groups (broad SMARTS) is 1. The molecule has 0 saturated carbocycles. The lowest BCUT2D eigenvalue weighted by molar-refractivity contribution is -0.136. The molecule has 0 heterocycles. The molecule has 28 heavy (non-hydrogen) atoms. The van der Waals surface area contributed by atoms with Gasteiger partial charge in [-0.25, -0.2) is 13.1 Å². The number of hydrogen-bond acceptors (Lipinski definition) is 5. The molecule has 0 saturated heterocycles. The van der Waals surface area contributed by atoms with Crippen molar-refractivity contribution in [1.29, 1.82) is 0 Å². The van der Waals surface area contributed by atoms with Gasteiger partial charge in [0.1, 0.15) is 0 Å². The Morgan fingerprint density at radius 2 is 1.86 bits per heavy atom. The first-order chi connectivity index (χ1) is 13.3.